The summed E-state index contributed by atoms with van der Waals surface area (Å²) < 4.78 is 13.7. The van der Waals surface area contributed by atoms with Crippen molar-refractivity contribution >= 4 is 21.8 Å². The molecule has 1 saturated heterocycles. The van der Waals surface area contributed by atoms with Crippen LogP contribution in [0.1, 0.15) is 16.8 Å². The predicted octanol–water partition coefficient (Wildman–Crippen LogP) is 1.73. The number of halogens is 2. The van der Waals surface area contributed by atoms with E-state index in [4.69, 9.17) is 5.11 Å². The number of aliphatic hydroxyl groups is 1. The Morgan fingerprint density at radius 3 is 2.85 bits per heavy atom. The molecule has 0 aromatic heterocycles. The number of nitrogens with zero attached hydrogens (tertiary/aromatic N) is 2. The summed E-state index contributed by atoms with van der Waals surface area (Å²) >= 11 is 3.14. The van der Waals surface area contributed by atoms with Gasteiger partial charge in [0.05, 0.1) is 16.6 Å². The van der Waals surface area contributed by atoms with Gasteiger partial charge in [-0.3, -0.25) is 9.69 Å². The minimum Gasteiger partial charge on any atom is -0.395 e. The maximum atomic E-state index is 13.5. The lowest BCUT2D eigenvalue weighted by Crippen LogP contribution is -2.36. The van der Waals surface area contributed by atoms with Gasteiger partial charge in [-0.05, 0) is 41.0 Å². The molecule has 0 atom stereocenters. The van der Waals surface area contributed by atoms with E-state index in [1.165, 1.54) is 6.07 Å². The fourth-order valence-corrected chi connectivity index (χ4v) is 2.81. The van der Waals surface area contributed by atoms with E-state index in [0.717, 1.165) is 19.5 Å². The average Bonchev–Trinajstić information content (AvgIpc) is 2.67. The number of benzene rings is 1. The smallest absolute Gasteiger partial charge is 0.255 e. The van der Waals surface area contributed by atoms with Crippen LogP contribution in [-0.2, 0) is 0 Å². The van der Waals surface area contributed by atoms with Crippen LogP contribution >= 0.6 is 15.9 Å². The number of amides is 1. The van der Waals surface area contributed by atoms with E-state index in [-0.39, 0.29) is 17.0 Å². The zero-order valence-electron chi connectivity index (χ0n) is 11.2. The van der Waals surface area contributed by atoms with Crippen molar-refractivity contribution in [2.24, 2.45) is 0 Å². The van der Waals surface area contributed by atoms with Gasteiger partial charge in [-0.1, -0.05) is 6.07 Å². The van der Waals surface area contributed by atoms with Gasteiger partial charge in [0, 0.05) is 26.2 Å². The third kappa shape index (κ3) is 3.56. The van der Waals surface area contributed by atoms with Crippen molar-refractivity contribution in [1.29, 1.82) is 0 Å². The Balaban J connectivity index is 2.07. The van der Waals surface area contributed by atoms with Crippen molar-refractivity contribution in [3.8, 4) is 0 Å². The summed E-state index contributed by atoms with van der Waals surface area (Å²) in [5, 5.41) is 8.96. The van der Waals surface area contributed by atoms with Gasteiger partial charge in [0.25, 0.3) is 5.91 Å². The predicted molar refractivity (Wildman–Crippen MR) is 78.1 cm³/mol. The topological polar surface area (TPSA) is 43.8 Å². The van der Waals surface area contributed by atoms with Crippen LogP contribution in [-0.4, -0.2) is 60.1 Å². The first-order valence-electron chi connectivity index (χ1n) is 6.70. The Bertz CT molecular complexity index is 484. The molecule has 0 unspecified atom stereocenters. The third-order valence-corrected chi connectivity index (χ3v) is 4.28. The molecule has 1 amide bonds. The maximum absolute atomic E-state index is 13.5. The van der Waals surface area contributed by atoms with E-state index in [1.54, 1.807) is 17.0 Å². The fourth-order valence-electron chi connectivity index (χ4n) is 2.38. The summed E-state index contributed by atoms with van der Waals surface area (Å²) in [6, 6.07) is 4.50. The van der Waals surface area contributed by atoms with Crippen molar-refractivity contribution in [3.05, 3.63) is 34.1 Å². The van der Waals surface area contributed by atoms with Gasteiger partial charge in [0.15, 0.2) is 0 Å². The average molecular weight is 345 g/mol. The molecular formula is C14H18BrFN2O2. The molecule has 2 rings (SSSR count). The van der Waals surface area contributed by atoms with E-state index in [1.807, 2.05) is 0 Å². The molecule has 110 valence electrons. The molecule has 1 fully saturated rings. The number of carbonyl (C=O) groups excluding carboxylic acids is 1. The first-order valence-corrected chi connectivity index (χ1v) is 7.49. The second-order valence-corrected chi connectivity index (χ2v) is 5.61. The monoisotopic (exact) mass is 344 g/mol. The summed E-state index contributed by atoms with van der Waals surface area (Å²) in [6.45, 7) is 3.62. The van der Waals surface area contributed by atoms with Crippen LogP contribution in [0.3, 0.4) is 0 Å². The Kier molecular flexibility index (Phi) is 5.51. The normalized spacial score (nSPS) is 17.1. The first-order chi connectivity index (χ1) is 9.63. The highest BCUT2D eigenvalue weighted by Gasteiger charge is 2.22. The summed E-state index contributed by atoms with van der Waals surface area (Å²) in [7, 11) is 0. The van der Waals surface area contributed by atoms with Gasteiger partial charge in [0.1, 0.15) is 5.82 Å². The van der Waals surface area contributed by atoms with Gasteiger partial charge in [-0.15, -0.1) is 0 Å². The molecule has 0 radical (unpaired) electrons. The molecule has 1 N–H and O–H groups in total. The van der Waals surface area contributed by atoms with Gasteiger partial charge >= 0.3 is 0 Å². The van der Waals surface area contributed by atoms with E-state index in [2.05, 4.69) is 20.8 Å². The van der Waals surface area contributed by atoms with E-state index in [9.17, 15) is 9.18 Å². The Labute approximate surface area is 126 Å². The highest BCUT2D eigenvalue weighted by atomic mass is 79.9. The second kappa shape index (κ2) is 7.15. The second-order valence-electron chi connectivity index (χ2n) is 4.81. The fraction of sp³-hybridized carbons (Fsp3) is 0.500. The SMILES string of the molecule is O=C(c1cccc(F)c1Br)N1CCCN(CCO)CC1. The molecule has 0 spiro atoms. The summed E-state index contributed by atoms with van der Waals surface area (Å²) in [4.78, 5) is 16.3. The molecule has 6 heteroatoms. The lowest BCUT2D eigenvalue weighted by Gasteiger charge is -2.22. The van der Waals surface area contributed by atoms with Crippen LogP contribution in [0, 0.1) is 5.82 Å². The Hall–Kier alpha value is -0.980. The van der Waals surface area contributed by atoms with Crippen LogP contribution in [0.4, 0.5) is 4.39 Å². The molecular weight excluding hydrogens is 327 g/mol. The van der Waals surface area contributed by atoms with Crippen LogP contribution in [0.25, 0.3) is 0 Å². The van der Waals surface area contributed by atoms with Crippen molar-refractivity contribution < 1.29 is 14.3 Å². The molecule has 20 heavy (non-hydrogen) atoms. The molecule has 1 heterocycles. The van der Waals surface area contributed by atoms with E-state index >= 15 is 0 Å². The number of carbonyl (C=O) groups is 1. The van der Waals surface area contributed by atoms with Gasteiger partial charge < -0.3 is 10.0 Å². The van der Waals surface area contributed by atoms with Crippen molar-refractivity contribution in [2.75, 3.05) is 39.3 Å². The molecule has 0 bridgehead atoms. The van der Waals surface area contributed by atoms with Crippen LogP contribution in [0.2, 0.25) is 0 Å². The lowest BCUT2D eigenvalue weighted by atomic mass is 10.2. The zero-order chi connectivity index (χ0) is 14.5. The summed E-state index contributed by atoms with van der Waals surface area (Å²) in [5.74, 6) is -0.574. The highest BCUT2D eigenvalue weighted by molar-refractivity contribution is 9.10. The summed E-state index contributed by atoms with van der Waals surface area (Å²) in [5.41, 5.74) is 0.362. The molecule has 1 aromatic rings. The number of β-amino-alcohol motifs (C(OH)–C–C–N with tert-alkyl or cyclic N) is 1. The minimum absolute atomic E-state index is 0.128. The molecule has 0 aliphatic carbocycles. The van der Waals surface area contributed by atoms with Gasteiger partial charge in [-0.25, -0.2) is 4.39 Å². The molecule has 1 aliphatic rings. The van der Waals surface area contributed by atoms with Crippen molar-refractivity contribution in [3.63, 3.8) is 0 Å². The molecule has 4 nitrogen and oxygen atoms in total. The first kappa shape index (κ1) is 15.4. The molecule has 1 aliphatic heterocycles. The molecule has 0 saturated carbocycles. The van der Waals surface area contributed by atoms with Crippen LogP contribution in [0.5, 0.6) is 0 Å². The summed E-state index contributed by atoms with van der Waals surface area (Å²) in [6.07, 6.45) is 0.860. The highest BCUT2D eigenvalue weighted by Crippen LogP contribution is 2.22. The standard InChI is InChI=1S/C14H18BrFN2O2/c15-13-11(3-1-4-12(13)16)14(20)18-6-2-5-17(7-8-18)9-10-19/h1,3-4,19H,2,5-10H2. The zero-order valence-corrected chi connectivity index (χ0v) is 12.8. The minimum atomic E-state index is -0.424. The van der Waals surface area contributed by atoms with Crippen LogP contribution in [0.15, 0.2) is 22.7 Å². The number of rotatable bonds is 3. The third-order valence-electron chi connectivity index (χ3n) is 3.47. The quantitative estimate of drug-likeness (QED) is 0.908. The van der Waals surface area contributed by atoms with E-state index < -0.39 is 5.82 Å². The Morgan fingerprint density at radius 1 is 1.30 bits per heavy atom. The largest absolute Gasteiger partial charge is 0.395 e. The number of hydrogen-bond acceptors (Lipinski definition) is 3. The Morgan fingerprint density at radius 2 is 2.10 bits per heavy atom. The van der Waals surface area contributed by atoms with E-state index in [0.29, 0.717) is 25.2 Å². The van der Waals surface area contributed by atoms with Crippen molar-refractivity contribution in [1.82, 2.24) is 9.80 Å². The van der Waals surface area contributed by atoms with Crippen molar-refractivity contribution in [2.45, 2.75) is 6.42 Å². The lowest BCUT2D eigenvalue weighted by molar-refractivity contribution is 0.0759. The number of hydrogen-bond donors (Lipinski definition) is 1. The van der Waals surface area contributed by atoms with Gasteiger partial charge in [0.2, 0.25) is 0 Å². The number of aliphatic hydroxyl groups excluding tert-OH is 1. The van der Waals surface area contributed by atoms with Gasteiger partial charge in [-0.2, -0.15) is 0 Å². The maximum Gasteiger partial charge on any atom is 0.255 e. The van der Waals surface area contributed by atoms with Crippen LogP contribution < -0.4 is 0 Å². The molecule has 1 aromatic carbocycles.